The van der Waals surface area contributed by atoms with Gasteiger partial charge in [0.2, 0.25) is 0 Å². The van der Waals surface area contributed by atoms with Crippen molar-refractivity contribution in [1.29, 1.82) is 0 Å². The van der Waals surface area contributed by atoms with E-state index in [9.17, 15) is 0 Å². The van der Waals surface area contributed by atoms with Crippen LogP contribution in [0.2, 0.25) is 5.15 Å². The van der Waals surface area contributed by atoms with Crippen molar-refractivity contribution in [2.45, 2.75) is 0 Å². The van der Waals surface area contributed by atoms with Gasteiger partial charge in [0, 0.05) is 12.4 Å². The maximum absolute atomic E-state index is 8.09. The van der Waals surface area contributed by atoms with Gasteiger partial charge in [0.05, 0.1) is 6.21 Å². The molecular formula is C5H4ClN3O. The predicted molar refractivity (Wildman–Crippen MR) is 36.4 cm³/mol. The van der Waals surface area contributed by atoms with Gasteiger partial charge in [-0.2, -0.15) is 0 Å². The van der Waals surface area contributed by atoms with Crippen LogP contribution in [0.3, 0.4) is 0 Å². The van der Waals surface area contributed by atoms with E-state index in [1.807, 2.05) is 0 Å². The van der Waals surface area contributed by atoms with Gasteiger partial charge in [-0.25, -0.2) is 4.98 Å². The van der Waals surface area contributed by atoms with E-state index in [0.717, 1.165) is 6.21 Å². The second-order valence-corrected chi connectivity index (χ2v) is 1.83. The molecule has 0 saturated carbocycles. The summed E-state index contributed by atoms with van der Waals surface area (Å²) in [6, 6.07) is 0. The van der Waals surface area contributed by atoms with Crippen molar-refractivity contribution in [1.82, 2.24) is 9.97 Å². The number of hydrogen-bond acceptors (Lipinski definition) is 4. The van der Waals surface area contributed by atoms with Gasteiger partial charge in [-0.15, -0.1) is 0 Å². The molecule has 0 radical (unpaired) electrons. The van der Waals surface area contributed by atoms with Crippen molar-refractivity contribution in [3.05, 3.63) is 23.2 Å². The van der Waals surface area contributed by atoms with Gasteiger partial charge in [-0.05, 0) is 0 Å². The summed E-state index contributed by atoms with van der Waals surface area (Å²) in [5.74, 6) is 0. The standard InChI is InChI=1S/C5H4ClN3O/c6-5-4(3-9-10)7-1-2-8-5/h1-3,10H/b9-3+. The van der Waals surface area contributed by atoms with Crippen molar-refractivity contribution in [2.75, 3.05) is 0 Å². The first kappa shape index (κ1) is 6.95. The quantitative estimate of drug-likeness (QED) is 0.375. The molecule has 0 aromatic carbocycles. The maximum Gasteiger partial charge on any atom is 0.156 e. The Morgan fingerprint density at radius 1 is 1.50 bits per heavy atom. The summed E-state index contributed by atoms with van der Waals surface area (Å²) in [5, 5.41) is 11.1. The van der Waals surface area contributed by atoms with Gasteiger partial charge in [0.15, 0.2) is 5.15 Å². The van der Waals surface area contributed by atoms with E-state index < -0.39 is 0 Å². The largest absolute Gasteiger partial charge is 0.411 e. The first-order valence-electron chi connectivity index (χ1n) is 2.48. The van der Waals surface area contributed by atoms with Gasteiger partial charge in [0.25, 0.3) is 0 Å². The molecule has 0 spiro atoms. The number of halogens is 1. The van der Waals surface area contributed by atoms with E-state index >= 15 is 0 Å². The van der Waals surface area contributed by atoms with Gasteiger partial charge >= 0.3 is 0 Å². The van der Waals surface area contributed by atoms with Crippen molar-refractivity contribution in [3.8, 4) is 0 Å². The fraction of sp³-hybridized carbons (Fsp3) is 0. The predicted octanol–water partition coefficient (Wildman–Crippen LogP) is 0.938. The smallest absolute Gasteiger partial charge is 0.156 e. The second-order valence-electron chi connectivity index (χ2n) is 1.48. The molecule has 0 amide bonds. The van der Waals surface area contributed by atoms with Crippen molar-refractivity contribution in [2.24, 2.45) is 5.16 Å². The first-order valence-corrected chi connectivity index (χ1v) is 2.86. The van der Waals surface area contributed by atoms with Gasteiger partial charge < -0.3 is 5.21 Å². The molecule has 52 valence electrons. The van der Waals surface area contributed by atoms with Crippen molar-refractivity contribution in [3.63, 3.8) is 0 Å². The topological polar surface area (TPSA) is 58.4 Å². The third kappa shape index (κ3) is 1.41. The summed E-state index contributed by atoms with van der Waals surface area (Å²) in [6.45, 7) is 0. The van der Waals surface area contributed by atoms with Gasteiger partial charge in [0.1, 0.15) is 5.69 Å². The molecule has 5 heteroatoms. The van der Waals surface area contributed by atoms with Crippen LogP contribution < -0.4 is 0 Å². The van der Waals surface area contributed by atoms with Crippen LogP contribution >= 0.6 is 11.6 Å². The molecule has 0 aliphatic carbocycles. The molecule has 10 heavy (non-hydrogen) atoms. The number of nitrogens with zero attached hydrogens (tertiary/aromatic N) is 3. The third-order valence-corrected chi connectivity index (χ3v) is 1.15. The summed E-state index contributed by atoms with van der Waals surface area (Å²) >= 11 is 5.53. The van der Waals surface area contributed by atoms with Crippen LogP contribution in [0.15, 0.2) is 17.5 Å². The Kier molecular flexibility index (Phi) is 2.17. The molecule has 0 fully saturated rings. The van der Waals surface area contributed by atoms with Gasteiger partial charge in [-0.1, -0.05) is 16.8 Å². The number of hydrogen-bond donors (Lipinski definition) is 1. The van der Waals surface area contributed by atoms with E-state index in [1.54, 1.807) is 0 Å². The lowest BCUT2D eigenvalue weighted by molar-refractivity contribution is 0.321. The molecule has 0 aliphatic rings. The second kappa shape index (κ2) is 3.12. The van der Waals surface area contributed by atoms with Crippen molar-refractivity contribution >= 4 is 17.8 Å². The Bertz CT molecular complexity index is 250. The Hall–Kier alpha value is -1.16. The molecular weight excluding hydrogens is 154 g/mol. The van der Waals surface area contributed by atoms with Crippen LogP contribution in [0.4, 0.5) is 0 Å². The molecule has 1 rings (SSSR count). The highest BCUT2D eigenvalue weighted by Crippen LogP contribution is 2.04. The summed E-state index contributed by atoms with van der Waals surface area (Å²) in [4.78, 5) is 7.46. The molecule has 4 nitrogen and oxygen atoms in total. The monoisotopic (exact) mass is 157 g/mol. The van der Waals surface area contributed by atoms with Crippen LogP contribution in [0, 0.1) is 0 Å². The van der Waals surface area contributed by atoms with Crippen LogP contribution in [-0.2, 0) is 0 Å². The molecule has 0 unspecified atom stereocenters. The fourth-order valence-electron chi connectivity index (χ4n) is 0.473. The first-order chi connectivity index (χ1) is 4.84. The lowest BCUT2D eigenvalue weighted by atomic mass is 10.5. The minimum Gasteiger partial charge on any atom is -0.411 e. The Balaban J connectivity index is 3.03. The molecule has 0 saturated heterocycles. The van der Waals surface area contributed by atoms with Crippen LogP contribution in [0.25, 0.3) is 0 Å². The molecule has 0 bridgehead atoms. The Morgan fingerprint density at radius 2 is 2.20 bits per heavy atom. The summed E-state index contributed by atoms with van der Waals surface area (Å²) in [5.41, 5.74) is 0.353. The average Bonchev–Trinajstić information content (AvgIpc) is 1.94. The van der Waals surface area contributed by atoms with E-state index in [-0.39, 0.29) is 5.15 Å². The van der Waals surface area contributed by atoms with E-state index in [1.165, 1.54) is 12.4 Å². The molecule has 1 heterocycles. The highest BCUT2D eigenvalue weighted by atomic mass is 35.5. The zero-order valence-corrected chi connectivity index (χ0v) is 5.65. The zero-order chi connectivity index (χ0) is 7.40. The molecule has 0 atom stereocenters. The molecule has 1 aromatic heterocycles. The average molecular weight is 158 g/mol. The fourth-order valence-corrected chi connectivity index (χ4v) is 0.627. The SMILES string of the molecule is O/N=C/c1nccnc1Cl. The zero-order valence-electron chi connectivity index (χ0n) is 4.90. The lowest BCUT2D eigenvalue weighted by Crippen LogP contribution is -1.89. The lowest BCUT2D eigenvalue weighted by Gasteiger charge is -1.90. The summed E-state index contributed by atoms with van der Waals surface area (Å²) in [6.07, 6.45) is 4.04. The number of rotatable bonds is 1. The van der Waals surface area contributed by atoms with E-state index in [4.69, 9.17) is 16.8 Å². The number of aromatic nitrogens is 2. The molecule has 0 aliphatic heterocycles. The maximum atomic E-state index is 8.09. The minimum atomic E-state index is 0.223. The summed E-state index contributed by atoms with van der Waals surface area (Å²) in [7, 11) is 0. The number of oxime groups is 1. The highest BCUT2D eigenvalue weighted by Gasteiger charge is 1.96. The third-order valence-electron chi connectivity index (χ3n) is 0.860. The Labute approximate surface area is 62.2 Å². The van der Waals surface area contributed by atoms with E-state index in [0.29, 0.717) is 5.69 Å². The van der Waals surface area contributed by atoms with Crippen LogP contribution in [0.5, 0.6) is 0 Å². The normalized spacial score (nSPS) is 10.5. The van der Waals surface area contributed by atoms with E-state index in [2.05, 4.69) is 15.1 Å². The summed E-state index contributed by atoms with van der Waals surface area (Å²) < 4.78 is 0. The van der Waals surface area contributed by atoms with Crippen LogP contribution in [0.1, 0.15) is 5.69 Å². The highest BCUT2D eigenvalue weighted by molar-refractivity contribution is 6.31. The van der Waals surface area contributed by atoms with Crippen LogP contribution in [-0.4, -0.2) is 21.4 Å². The minimum absolute atomic E-state index is 0.223. The Morgan fingerprint density at radius 3 is 2.80 bits per heavy atom. The van der Waals surface area contributed by atoms with Gasteiger partial charge in [-0.3, -0.25) is 4.98 Å². The molecule has 1 aromatic rings. The molecule has 1 N–H and O–H groups in total. The van der Waals surface area contributed by atoms with Crippen molar-refractivity contribution < 1.29 is 5.21 Å².